The molecule has 2 aromatic carbocycles. The number of aryl methyl sites for hydroxylation is 1. The average Bonchev–Trinajstić information content (AvgIpc) is 3.11. The zero-order valence-corrected chi connectivity index (χ0v) is 11.6. The molecule has 0 saturated heterocycles. The van der Waals surface area contributed by atoms with E-state index < -0.39 is 0 Å². The SMILES string of the molecule is N[C@]1(CCc2ccccc2)C[C@H]1c1ccc(Cl)cc1. The third-order valence-electron chi connectivity index (χ3n) is 4.11. The van der Waals surface area contributed by atoms with Gasteiger partial charge in [-0.1, -0.05) is 54.1 Å². The highest BCUT2D eigenvalue weighted by Crippen LogP contribution is 2.52. The van der Waals surface area contributed by atoms with Gasteiger partial charge in [0.05, 0.1) is 0 Å². The molecular formula is C17H18ClN. The van der Waals surface area contributed by atoms with Gasteiger partial charge in [0.2, 0.25) is 0 Å². The molecule has 0 spiro atoms. The van der Waals surface area contributed by atoms with Crippen LogP contribution in [0.2, 0.25) is 5.02 Å². The molecule has 1 aliphatic carbocycles. The van der Waals surface area contributed by atoms with Gasteiger partial charge in [0.1, 0.15) is 0 Å². The molecule has 0 aliphatic heterocycles. The summed E-state index contributed by atoms with van der Waals surface area (Å²) in [5, 5.41) is 0.788. The smallest absolute Gasteiger partial charge is 0.0406 e. The van der Waals surface area contributed by atoms with Gasteiger partial charge in [-0.25, -0.2) is 0 Å². The topological polar surface area (TPSA) is 26.0 Å². The van der Waals surface area contributed by atoms with Gasteiger partial charge in [0.25, 0.3) is 0 Å². The standard InChI is InChI=1S/C17H18ClN/c18-15-8-6-14(7-9-15)16-12-17(16,19)11-10-13-4-2-1-3-5-13/h1-9,16H,10-12,19H2/t16-,17+/m0/s1. The molecule has 98 valence electrons. The molecule has 1 fully saturated rings. The minimum atomic E-state index is -0.0241. The molecule has 2 aromatic rings. The molecule has 1 nitrogen and oxygen atoms in total. The average molecular weight is 272 g/mol. The van der Waals surface area contributed by atoms with Crippen molar-refractivity contribution in [3.8, 4) is 0 Å². The molecule has 2 heteroatoms. The quantitative estimate of drug-likeness (QED) is 0.888. The van der Waals surface area contributed by atoms with Crippen molar-refractivity contribution in [3.63, 3.8) is 0 Å². The minimum Gasteiger partial charge on any atom is -0.325 e. The van der Waals surface area contributed by atoms with E-state index in [0.717, 1.165) is 24.3 Å². The van der Waals surface area contributed by atoms with E-state index in [1.807, 2.05) is 12.1 Å². The number of nitrogens with two attached hydrogens (primary N) is 1. The molecular weight excluding hydrogens is 254 g/mol. The lowest BCUT2D eigenvalue weighted by Crippen LogP contribution is -2.25. The first-order valence-electron chi connectivity index (χ1n) is 6.76. The fraction of sp³-hybridized carbons (Fsp3) is 0.294. The fourth-order valence-corrected chi connectivity index (χ4v) is 2.89. The van der Waals surface area contributed by atoms with Crippen molar-refractivity contribution in [2.45, 2.75) is 30.7 Å². The summed E-state index contributed by atoms with van der Waals surface area (Å²) < 4.78 is 0. The molecule has 2 atom stereocenters. The highest BCUT2D eigenvalue weighted by molar-refractivity contribution is 6.30. The molecule has 0 aromatic heterocycles. The van der Waals surface area contributed by atoms with E-state index in [2.05, 4.69) is 42.5 Å². The number of halogens is 1. The van der Waals surface area contributed by atoms with Crippen molar-refractivity contribution in [1.29, 1.82) is 0 Å². The maximum atomic E-state index is 6.48. The van der Waals surface area contributed by atoms with Crippen molar-refractivity contribution < 1.29 is 0 Å². The molecule has 2 N–H and O–H groups in total. The Hall–Kier alpha value is -1.31. The summed E-state index contributed by atoms with van der Waals surface area (Å²) in [5.41, 5.74) is 9.14. The number of hydrogen-bond acceptors (Lipinski definition) is 1. The summed E-state index contributed by atoms with van der Waals surface area (Å²) in [7, 11) is 0. The third kappa shape index (κ3) is 2.83. The van der Waals surface area contributed by atoms with E-state index in [-0.39, 0.29) is 5.54 Å². The lowest BCUT2D eigenvalue weighted by Gasteiger charge is -2.12. The van der Waals surface area contributed by atoms with Gasteiger partial charge >= 0.3 is 0 Å². The van der Waals surface area contributed by atoms with Gasteiger partial charge in [0.15, 0.2) is 0 Å². The summed E-state index contributed by atoms with van der Waals surface area (Å²) in [4.78, 5) is 0. The molecule has 1 saturated carbocycles. The maximum Gasteiger partial charge on any atom is 0.0406 e. The Morgan fingerprint density at radius 2 is 1.74 bits per heavy atom. The fourth-order valence-electron chi connectivity index (χ4n) is 2.76. The summed E-state index contributed by atoms with van der Waals surface area (Å²) in [6.07, 6.45) is 3.19. The van der Waals surface area contributed by atoms with E-state index in [9.17, 15) is 0 Å². The number of rotatable bonds is 4. The van der Waals surface area contributed by atoms with Crippen LogP contribution in [0.4, 0.5) is 0 Å². The normalized spacial score (nSPS) is 25.3. The maximum absolute atomic E-state index is 6.48. The van der Waals surface area contributed by atoms with Gasteiger partial charge in [0, 0.05) is 16.5 Å². The molecule has 0 bridgehead atoms. The second kappa shape index (κ2) is 4.99. The summed E-state index contributed by atoms with van der Waals surface area (Å²) in [6, 6.07) is 18.7. The second-order valence-electron chi connectivity index (χ2n) is 5.53. The van der Waals surface area contributed by atoms with Crippen LogP contribution in [0.25, 0.3) is 0 Å². The molecule has 0 radical (unpaired) electrons. The summed E-state index contributed by atoms with van der Waals surface area (Å²) >= 11 is 5.92. The van der Waals surface area contributed by atoms with Crippen LogP contribution in [0.3, 0.4) is 0 Å². The molecule has 3 rings (SSSR count). The predicted molar refractivity (Wildman–Crippen MR) is 80.5 cm³/mol. The highest BCUT2D eigenvalue weighted by atomic mass is 35.5. The molecule has 0 amide bonds. The first-order chi connectivity index (χ1) is 9.17. The van der Waals surface area contributed by atoms with Crippen LogP contribution >= 0.6 is 11.6 Å². The lowest BCUT2D eigenvalue weighted by molar-refractivity contribution is 0.589. The van der Waals surface area contributed by atoms with Crippen molar-refractivity contribution >= 4 is 11.6 Å². The molecule has 1 aliphatic rings. The Balaban J connectivity index is 1.62. The monoisotopic (exact) mass is 271 g/mol. The Bertz CT molecular complexity index is 549. The zero-order valence-electron chi connectivity index (χ0n) is 10.9. The van der Waals surface area contributed by atoms with E-state index in [0.29, 0.717) is 5.92 Å². The second-order valence-corrected chi connectivity index (χ2v) is 5.96. The summed E-state index contributed by atoms with van der Waals surface area (Å²) in [5.74, 6) is 0.494. The molecule has 19 heavy (non-hydrogen) atoms. The van der Waals surface area contributed by atoms with Gasteiger partial charge in [-0.05, 0) is 42.5 Å². The van der Waals surface area contributed by atoms with E-state index in [4.69, 9.17) is 17.3 Å². The van der Waals surface area contributed by atoms with Crippen LogP contribution in [0.1, 0.15) is 29.9 Å². The molecule has 0 unspecified atom stereocenters. The van der Waals surface area contributed by atoms with Crippen LogP contribution in [0, 0.1) is 0 Å². The van der Waals surface area contributed by atoms with E-state index in [1.54, 1.807) is 0 Å². The summed E-state index contributed by atoms with van der Waals surface area (Å²) in [6.45, 7) is 0. The zero-order chi connectivity index (χ0) is 13.3. The van der Waals surface area contributed by atoms with Crippen LogP contribution in [0.15, 0.2) is 54.6 Å². The third-order valence-corrected chi connectivity index (χ3v) is 4.36. The first kappa shape index (κ1) is 12.7. The van der Waals surface area contributed by atoms with Crippen molar-refractivity contribution in [1.82, 2.24) is 0 Å². The van der Waals surface area contributed by atoms with Gasteiger partial charge in [-0.2, -0.15) is 0 Å². The Morgan fingerprint density at radius 3 is 2.42 bits per heavy atom. The lowest BCUT2D eigenvalue weighted by atomic mass is 10.00. The minimum absolute atomic E-state index is 0.0241. The largest absolute Gasteiger partial charge is 0.325 e. The van der Waals surface area contributed by atoms with Gasteiger partial charge in [-0.15, -0.1) is 0 Å². The Kier molecular flexibility index (Phi) is 3.34. The van der Waals surface area contributed by atoms with Crippen LogP contribution < -0.4 is 5.73 Å². The van der Waals surface area contributed by atoms with E-state index in [1.165, 1.54) is 11.1 Å². The van der Waals surface area contributed by atoms with E-state index >= 15 is 0 Å². The highest BCUT2D eigenvalue weighted by Gasteiger charge is 2.50. The van der Waals surface area contributed by atoms with Crippen LogP contribution in [-0.4, -0.2) is 5.54 Å². The number of hydrogen-bond donors (Lipinski definition) is 1. The van der Waals surface area contributed by atoms with Crippen molar-refractivity contribution in [3.05, 3.63) is 70.7 Å². The number of benzene rings is 2. The first-order valence-corrected chi connectivity index (χ1v) is 7.13. The van der Waals surface area contributed by atoms with Gasteiger partial charge < -0.3 is 5.73 Å². The predicted octanol–water partition coefficient (Wildman–Crippen LogP) is 4.16. The van der Waals surface area contributed by atoms with Crippen LogP contribution in [-0.2, 0) is 6.42 Å². The Morgan fingerprint density at radius 1 is 1.05 bits per heavy atom. The van der Waals surface area contributed by atoms with Crippen molar-refractivity contribution in [2.75, 3.05) is 0 Å². The molecule has 0 heterocycles. The van der Waals surface area contributed by atoms with Crippen molar-refractivity contribution in [2.24, 2.45) is 5.73 Å². The van der Waals surface area contributed by atoms with Gasteiger partial charge in [-0.3, -0.25) is 0 Å². The Labute approximate surface area is 119 Å². The van der Waals surface area contributed by atoms with Crippen LogP contribution in [0.5, 0.6) is 0 Å².